The number of nitrogens with zero attached hydrogens (tertiary/aromatic N) is 1. The van der Waals surface area contributed by atoms with Gasteiger partial charge in [0, 0.05) is 10.0 Å². The Balaban J connectivity index is 2.02. The monoisotopic (exact) mass is 366 g/mol. The summed E-state index contributed by atoms with van der Waals surface area (Å²) in [5.74, 6) is 0.650. The van der Waals surface area contributed by atoms with Crippen LogP contribution >= 0.6 is 46.8 Å². The summed E-state index contributed by atoms with van der Waals surface area (Å²) < 4.78 is 2.63. The molecule has 3 aromatic rings. The molecule has 22 heavy (non-hydrogen) atoms. The number of benzene rings is 2. The highest BCUT2D eigenvalue weighted by Crippen LogP contribution is 2.34. The second-order valence-corrected chi connectivity index (χ2v) is 7.25. The highest BCUT2D eigenvalue weighted by Gasteiger charge is 2.13. The largest absolute Gasteiger partial charge is 0.384 e. The average Bonchev–Trinajstić information content (AvgIpc) is 2.78. The Bertz CT molecular complexity index is 867. The van der Waals surface area contributed by atoms with Gasteiger partial charge in [0.25, 0.3) is 0 Å². The van der Waals surface area contributed by atoms with E-state index in [9.17, 15) is 0 Å². The van der Waals surface area contributed by atoms with E-state index in [2.05, 4.69) is 0 Å². The first-order valence-corrected chi connectivity index (χ1v) is 8.53. The van der Waals surface area contributed by atoms with E-state index in [0.717, 1.165) is 20.0 Å². The van der Waals surface area contributed by atoms with E-state index < -0.39 is 0 Å². The molecule has 6 heteroatoms. The number of aromatic nitrogens is 1. The zero-order chi connectivity index (χ0) is 15.7. The minimum absolute atomic E-state index is 0.564. The predicted molar refractivity (Wildman–Crippen MR) is 98.6 cm³/mol. The minimum atomic E-state index is 0.564. The van der Waals surface area contributed by atoms with Crippen molar-refractivity contribution in [3.63, 3.8) is 0 Å². The van der Waals surface area contributed by atoms with Crippen LogP contribution in [-0.4, -0.2) is 4.57 Å². The Kier molecular flexibility index (Phi) is 4.54. The number of hydrogen-bond acceptors (Lipinski definition) is 3. The van der Waals surface area contributed by atoms with Gasteiger partial charge < -0.3 is 10.3 Å². The molecule has 0 radical (unpaired) electrons. The molecule has 2 N–H and O–H groups in total. The fourth-order valence-electron chi connectivity index (χ4n) is 2.17. The fraction of sp³-hybridized carbons (Fsp3) is 0.0625. The van der Waals surface area contributed by atoms with Gasteiger partial charge in [-0.15, -0.1) is 11.3 Å². The van der Waals surface area contributed by atoms with Gasteiger partial charge in [-0.05, 0) is 41.5 Å². The van der Waals surface area contributed by atoms with Crippen LogP contribution in [-0.2, 0) is 6.54 Å². The first-order valence-electron chi connectivity index (χ1n) is 6.54. The number of thiazole rings is 1. The van der Waals surface area contributed by atoms with Gasteiger partial charge in [0.1, 0.15) is 5.82 Å². The first kappa shape index (κ1) is 15.6. The summed E-state index contributed by atoms with van der Waals surface area (Å²) in [6, 6.07) is 15.3. The van der Waals surface area contributed by atoms with Crippen LogP contribution in [0.5, 0.6) is 0 Å². The third-order valence-corrected chi connectivity index (χ3v) is 5.46. The van der Waals surface area contributed by atoms with Gasteiger partial charge in [0.05, 0.1) is 11.4 Å². The Morgan fingerprint density at radius 2 is 1.73 bits per heavy atom. The quantitative estimate of drug-likeness (QED) is 0.586. The second kappa shape index (κ2) is 6.42. The lowest BCUT2D eigenvalue weighted by atomic mass is 10.2. The first-order chi connectivity index (χ1) is 10.6. The number of hydrogen-bond donors (Lipinski definition) is 1. The van der Waals surface area contributed by atoms with Crippen molar-refractivity contribution in [3.05, 3.63) is 68.1 Å². The van der Waals surface area contributed by atoms with Crippen LogP contribution in [0.15, 0.2) is 48.5 Å². The van der Waals surface area contributed by atoms with Gasteiger partial charge >= 0.3 is 0 Å². The fourth-order valence-corrected chi connectivity index (χ4v) is 3.82. The van der Waals surface area contributed by atoms with E-state index in [-0.39, 0.29) is 0 Å². The Morgan fingerprint density at radius 1 is 1.05 bits per heavy atom. The number of nitrogen functional groups attached to an aromatic ring is 1. The van der Waals surface area contributed by atoms with Crippen LogP contribution < -0.4 is 5.73 Å². The van der Waals surface area contributed by atoms with E-state index in [1.807, 2.05) is 53.1 Å². The van der Waals surface area contributed by atoms with Gasteiger partial charge in [-0.1, -0.05) is 53.5 Å². The Hall–Kier alpha value is -1.33. The number of nitrogens with two attached hydrogens (primary N) is 1. The molecular formula is C16H12Cl2N2S2. The maximum atomic E-state index is 6.30. The summed E-state index contributed by atoms with van der Waals surface area (Å²) >= 11 is 19.1. The standard InChI is InChI=1S/C16H12Cl2N2S2/c17-12-7-5-10(6-8-12)14-15(19)20(16(21)22-14)9-11-3-1-2-4-13(11)18/h1-8H,9,19H2. The van der Waals surface area contributed by atoms with E-state index >= 15 is 0 Å². The molecule has 0 saturated carbocycles. The smallest absolute Gasteiger partial charge is 0.163 e. The summed E-state index contributed by atoms with van der Waals surface area (Å²) in [5.41, 5.74) is 8.31. The van der Waals surface area contributed by atoms with Crippen molar-refractivity contribution < 1.29 is 0 Å². The Morgan fingerprint density at radius 3 is 2.41 bits per heavy atom. The molecule has 0 amide bonds. The van der Waals surface area contributed by atoms with Gasteiger partial charge in [-0.25, -0.2) is 0 Å². The van der Waals surface area contributed by atoms with Crippen LogP contribution in [0, 0.1) is 3.95 Å². The topological polar surface area (TPSA) is 30.9 Å². The third kappa shape index (κ3) is 3.06. The Labute approximate surface area is 147 Å². The molecule has 0 atom stereocenters. The van der Waals surface area contributed by atoms with Crippen molar-refractivity contribution in [3.8, 4) is 10.4 Å². The highest BCUT2D eigenvalue weighted by atomic mass is 35.5. The molecule has 0 aliphatic carbocycles. The van der Waals surface area contributed by atoms with Crippen LogP contribution in [0.25, 0.3) is 10.4 Å². The van der Waals surface area contributed by atoms with Gasteiger partial charge in [-0.2, -0.15) is 0 Å². The summed E-state index contributed by atoms with van der Waals surface area (Å²) in [5, 5.41) is 1.41. The molecule has 0 aliphatic heterocycles. The summed E-state index contributed by atoms with van der Waals surface area (Å²) in [7, 11) is 0. The van der Waals surface area contributed by atoms with Crippen LogP contribution in [0.1, 0.15) is 5.56 Å². The minimum Gasteiger partial charge on any atom is -0.384 e. The lowest BCUT2D eigenvalue weighted by Crippen LogP contribution is -2.05. The van der Waals surface area contributed by atoms with Crippen molar-refractivity contribution in [2.24, 2.45) is 0 Å². The molecule has 3 rings (SSSR count). The van der Waals surface area contributed by atoms with Crippen molar-refractivity contribution in [1.29, 1.82) is 0 Å². The molecule has 0 aliphatic rings. The van der Waals surface area contributed by atoms with Gasteiger partial charge in [0.2, 0.25) is 0 Å². The molecule has 0 spiro atoms. The zero-order valence-corrected chi connectivity index (χ0v) is 14.6. The zero-order valence-electron chi connectivity index (χ0n) is 11.4. The maximum absolute atomic E-state index is 6.30. The second-order valence-electron chi connectivity index (χ2n) is 4.77. The highest BCUT2D eigenvalue weighted by molar-refractivity contribution is 7.73. The normalized spacial score (nSPS) is 10.8. The van der Waals surface area contributed by atoms with Crippen molar-refractivity contribution in [1.82, 2.24) is 4.57 Å². The maximum Gasteiger partial charge on any atom is 0.163 e. The van der Waals surface area contributed by atoms with E-state index in [0.29, 0.717) is 22.4 Å². The van der Waals surface area contributed by atoms with Crippen LogP contribution in [0.3, 0.4) is 0 Å². The molecule has 2 aromatic carbocycles. The van der Waals surface area contributed by atoms with Crippen molar-refractivity contribution in [2.75, 3.05) is 5.73 Å². The van der Waals surface area contributed by atoms with Gasteiger partial charge in [-0.3, -0.25) is 0 Å². The number of rotatable bonds is 3. The molecular weight excluding hydrogens is 355 g/mol. The molecule has 2 nitrogen and oxygen atoms in total. The molecule has 0 unspecified atom stereocenters. The van der Waals surface area contributed by atoms with Crippen molar-refractivity contribution in [2.45, 2.75) is 6.54 Å². The van der Waals surface area contributed by atoms with Gasteiger partial charge in [0.15, 0.2) is 3.95 Å². The predicted octanol–water partition coefficient (Wildman–Crippen LogP) is 5.88. The van der Waals surface area contributed by atoms with Crippen LogP contribution in [0.2, 0.25) is 10.0 Å². The molecule has 0 bridgehead atoms. The van der Waals surface area contributed by atoms with Crippen molar-refractivity contribution >= 4 is 52.6 Å². The molecule has 1 heterocycles. The lowest BCUT2D eigenvalue weighted by molar-refractivity contribution is 0.813. The summed E-state index contributed by atoms with van der Waals surface area (Å²) in [6.07, 6.45) is 0. The number of halogens is 2. The average molecular weight is 367 g/mol. The SMILES string of the molecule is Nc1c(-c2ccc(Cl)cc2)sc(=S)n1Cc1ccccc1Cl. The third-order valence-electron chi connectivity index (χ3n) is 3.33. The number of anilines is 1. The molecule has 1 aromatic heterocycles. The van der Waals surface area contributed by atoms with Crippen LogP contribution in [0.4, 0.5) is 5.82 Å². The lowest BCUT2D eigenvalue weighted by Gasteiger charge is -2.08. The van der Waals surface area contributed by atoms with E-state index in [1.54, 1.807) is 0 Å². The molecule has 0 saturated heterocycles. The molecule has 112 valence electrons. The summed E-state index contributed by atoms with van der Waals surface area (Å²) in [4.78, 5) is 0.953. The van der Waals surface area contributed by atoms with E-state index in [4.69, 9.17) is 41.2 Å². The van der Waals surface area contributed by atoms with E-state index in [1.165, 1.54) is 11.3 Å². The molecule has 0 fully saturated rings. The summed E-state index contributed by atoms with van der Waals surface area (Å²) in [6.45, 7) is 0.564.